The third-order valence-corrected chi connectivity index (χ3v) is 7.51. The number of hydrogen-bond acceptors (Lipinski definition) is 1. The SMILES string of the molecule is O=C(O)CCCCCCCCCCCP(c1ccccc1)c1ccccc1. The first-order valence-electron chi connectivity index (χ1n) is 10.4. The zero-order valence-electron chi connectivity index (χ0n) is 16.4. The van der Waals surface area contributed by atoms with Crippen molar-refractivity contribution in [3.8, 4) is 0 Å². The van der Waals surface area contributed by atoms with Crippen LogP contribution in [0.4, 0.5) is 0 Å². The Morgan fingerprint density at radius 2 is 1.04 bits per heavy atom. The summed E-state index contributed by atoms with van der Waals surface area (Å²) in [5.41, 5.74) is 0. The molecule has 0 aromatic heterocycles. The van der Waals surface area contributed by atoms with Crippen LogP contribution in [0.15, 0.2) is 60.7 Å². The van der Waals surface area contributed by atoms with Gasteiger partial charge in [-0.3, -0.25) is 4.79 Å². The smallest absolute Gasteiger partial charge is 0.303 e. The number of unbranched alkanes of at least 4 members (excludes halogenated alkanes) is 8. The predicted octanol–water partition coefficient (Wildman–Crippen LogP) is 6.10. The Morgan fingerprint density at radius 1 is 0.630 bits per heavy atom. The average Bonchev–Trinajstić information content (AvgIpc) is 2.70. The van der Waals surface area contributed by atoms with Crippen molar-refractivity contribution in [1.82, 2.24) is 0 Å². The van der Waals surface area contributed by atoms with Gasteiger partial charge >= 0.3 is 5.97 Å². The normalized spacial score (nSPS) is 11.0. The molecule has 27 heavy (non-hydrogen) atoms. The predicted molar refractivity (Wildman–Crippen MR) is 118 cm³/mol. The van der Waals surface area contributed by atoms with Crippen molar-refractivity contribution in [3.05, 3.63) is 60.7 Å². The molecule has 0 saturated heterocycles. The minimum Gasteiger partial charge on any atom is -0.481 e. The van der Waals surface area contributed by atoms with Crippen LogP contribution in [0.1, 0.15) is 64.2 Å². The summed E-state index contributed by atoms with van der Waals surface area (Å²) in [5.74, 6) is -0.666. The van der Waals surface area contributed by atoms with Crippen LogP contribution in [0.25, 0.3) is 0 Å². The summed E-state index contributed by atoms with van der Waals surface area (Å²) in [5, 5.41) is 11.6. The van der Waals surface area contributed by atoms with Crippen molar-refractivity contribution < 1.29 is 9.90 Å². The molecule has 0 fully saturated rings. The summed E-state index contributed by atoms with van der Waals surface area (Å²) in [6.07, 6.45) is 12.5. The van der Waals surface area contributed by atoms with Gasteiger partial charge in [-0.25, -0.2) is 0 Å². The fraction of sp³-hybridized carbons (Fsp3) is 0.458. The number of benzene rings is 2. The van der Waals surface area contributed by atoms with Gasteiger partial charge in [0.25, 0.3) is 0 Å². The molecule has 0 heterocycles. The largest absolute Gasteiger partial charge is 0.481 e. The number of carboxylic acid groups (broad SMARTS) is 1. The second-order valence-corrected chi connectivity index (χ2v) is 9.48. The van der Waals surface area contributed by atoms with Crippen LogP contribution >= 0.6 is 7.92 Å². The number of rotatable bonds is 14. The Labute approximate surface area is 165 Å². The van der Waals surface area contributed by atoms with E-state index in [4.69, 9.17) is 5.11 Å². The molecule has 2 aromatic rings. The van der Waals surface area contributed by atoms with Gasteiger partial charge in [0, 0.05) is 6.42 Å². The van der Waals surface area contributed by atoms with Gasteiger partial charge in [0.2, 0.25) is 0 Å². The molecule has 0 aliphatic rings. The van der Waals surface area contributed by atoms with E-state index >= 15 is 0 Å². The van der Waals surface area contributed by atoms with E-state index in [-0.39, 0.29) is 7.92 Å². The maximum atomic E-state index is 10.5. The number of carboxylic acids is 1. The third kappa shape index (κ3) is 9.20. The molecule has 2 aromatic carbocycles. The molecule has 146 valence electrons. The fourth-order valence-electron chi connectivity index (χ4n) is 3.41. The third-order valence-electron chi connectivity index (χ3n) is 4.91. The minimum absolute atomic E-state index is 0.239. The van der Waals surface area contributed by atoms with Crippen molar-refractivity contribution in [1.29, 1.82) is 0 Å². The van der Waals surface area contributed by atoms with E-state index in [0.717, 1.165) is 12.8 Å². The van der Waals surface area contributed by atoms with Crippen LogP contribution in [0.3, 0.4) is 0 Å². The van der Waals surface area contributed by atoms with Crippen LogP contribution in [-0.4, -0.2) is 17.2 Å². The topological polar surface area (TPSA) is 37.3 Å². The number of hydrogen-bond donors (Lipinski definition) is 1. The monoisotopic (exact) mass is 384 g/mol. The van der Waals surface area contributed by atoms with Crippen LogP contribution < -0.4 is 10.6 Å². The van der Waals surface area contributed by atoms with Crippen molar-refractivity contribution in [2.75, 3.05) is 6.16 Å². The zero-order valence-corrected chi connectivity index (χ0v) is 17.2. The van der Waals surface area contributed by atoms with Gasteiger partial charge in [-0.2, -0.15) is 0 Å². The first kappa shape index (κ1) is 21.6. The van der Waals surface area contributed by atoms with Crippen molar-refractivity contribution in [2.24, 2.45) is 0 Å². The quantitative estimate of drug-likeness (QED) is 0.315. The lowest BCUT2D eigenvalue weighted by Crippen LogP contribution is -2.13. The molecule has 0 unspecified atom stereocenters. The van der Waals surface area contributed by atoms with Gasteiger partial charge in [-0.15, -0.1) is 0 Å². The maximum absolute atomic E-state index is 10.5. The van der Waals surface area contributed by atoms with Gasteiger partial charge in [-0.1, -0.05) is 106 Å². The molecule has 0 aliphatic heterocycles. The summed E-state index contributed by atoms with van der Waals surface area (Å²) in [6, 6.07) is 22.0. The van der Waals surface area contributed by atoms with Gasteiger partial charge in [0.1, 0.15) is 0 Å². The molecule has 3 heteroatoms. The van der Waals surface area contributed by atoms with Crippen LogP contribution in [0, 0.1) is 0 Å². The molecule has 2 nitrogen and oxygen atoms in total. The van der Waals surface area contributed by atoms with Crippen molar-refractivity contribution >= 4 is 24.5 Å². The molecule has 0 bridgehead atoms. The molecule has 0 radical (unpaired) electrons. The lowest BCUT2D eigenvalue weighted by atomic mass is 10.1. The minimum atomic E-state index is -0.666. The Balaban J connectivity index is 1.62. The zero-order chi connectivity index (χ0) is 19.2. The lowest BCUT2D eigenvalue weighted by molar-refractivity contribution is -0.137. The van der Waals surface area contributed by atoms with E-state index in [1.165, 1.54) is 61.7 Å². The number of carbonyl (C=O) groups is 1. The Bertz CT molecular complexity index is 588. The summed E-state index contributed by atoms with van der Waals surface area (Å²) in [7, 11) is -0.239. The molecule has 0 atom stereocenters. The first-order chi connectivity index (χ1) is 13.3. The average molecular weight is 384 g/mol. The summed E-state index contributed by atoms with van der Waals surface area (Å²) >= 11 is 0. The standard InChI is InChI=1S/C24H33O2P/c25-24(26)20-14-6-4-2-1-3-5-7-15-21-27(22-16-10-8-11-17-22)23-18-12-9-13-19-23/h8-13,16-19H,1-7,14-15,20-21H2,(H,25,26). The van der Waals surface area contributed by atoms with Crippen LogP contribution in [0.2, 0.25) is 0 Å². The molecular formula is C24H33O2P. The second kappa shape index (κ2) is 13.5. The first-order valence-corrected chi connectivity index (χ1v) is 11.9. The number of aliphatic carboxylic acids is 1. The highest BCUT2D eigenvalue weighted by Crippen LogP contribution is 2.34. The highest BCUT2D eigenvalue weighted by atomic mass is 31.1. The van der Waals surface area contributed by atoms with Crippen LogP contribution in [-0.2, 0) is 4.79 Å². The molecule has 0 aliphatic carbocycles. The molecule has 0 amide bonds. The Kier molecular flexibility index (Phi) is 10.8. The Morgan fingerprint density at radius 3 is 1.48 bits per heavy atom. The van der Waals surface area contributed by atoms with E-state index in [1.807, 2.05) is 0 Å². The molecular weight excluding hydrogens is 351 g/mol. The van der Waals surface area contributed by atoms with Gasteiger partial charge in [0.15, 0.2) is 0 Å². The lowest BCUT2D eigenvalue weighted by Gasteiger charge is -2.18. The second-order valence-electron chi connectivity index (χ2n) is 7.15. The summed E-state index contributed by atoms with van der Waals surface area (Å²) in [4.78, 5) is 10.5. The highest BCUT2D eigenvalue weighted by molar-refractivity contribution is 7.73. The molecule has 0 saturated carbocycles. The molecule has 0 spiro atoms. The van der Waals surface area contributed by atoms with Crippen molar-refractivity contribution in [2.45, 2.75) is 64.2 Å². The summed E-state index contributed by atoms with van der Waals surface area (Å²) in [6.45, 7) is 0. The molecule has 1 N–H and O–H groups in total. The van der Waals surface area contributed by atoms with E-state index < -0.39 is 5.97 Å². The maximum Gasteiger partial charge on any atom is 0.303 e. The van der Waals surface area contributed by atoms with Gasteiger partial charge < -0.3 is 5.11 Å². The van der Waals surface area contributed by atoms with Crippen LogP contribution in [0.5, 0.6) is 0 Å². The van der Waals surface area contributed by atoms with E-state index in [0.29, 0.717) is 6.42 Å². The van der Waals surface area contributed by atoms with Crippen molar-refractivity contribution in [3.63, 3.8) is 0 Å². The van der Waals surface area contributed by atoms with E-state index in [9.17, 15) is 4.79 Å². The van der Waals surface area contributed by atoms with E-state index in [1.54, 1.807) is 0 Å². The summed E-state index contributed by atoms with van der Waals surface area (Å²) < 4.78 is 0. The van der Waals surface area contributed by atoms with Gasteiger partial charge in [-0.05, 0) is 37.5 Å². The molecule has 2 rings (SSSR count). The highest BCUT2D eigenvalue weighted by Gasteiger charge is 2.12. The Hall–Kier alpha value is -1.66. The fourth-order valence-corrected chi connectivity index (χ4v) is 5.83. The van der Waals surface area contributed by atoms with Gasteiger partial charge in [0.05, 0.1) is 0 Å². The van der Waals surface area contributed by atoms with E-state index in [2.05, 4.69) is 60.7 Å².